The molecule has 0 bridgehead atoms. The van der Waals surface area contributed by atoms with Crippen LogP contribution in [0.5, 0.6) is 0 Å². The fraction of sp³-hybridized carbons (Fsp3) is 0.917. The van der Waals surface area contributed by atoms with Crippen molar-refractivity contribution in [2.24, 2.45) is 11.7 Å². The Morgan fingerprint density at radius 3 is 2.38 bits per heavy atom. The fourth-order valence-electron chi connectivity index (χ4n) is 1.48. The summed E-state index contributed by atoms with van der Waals surface area (Å²) in [5, 5.41) is 2.96. The zero-order valence-corrected chi connectivity index (χ0v) is 11.3. The van der Waals surface area contributed by atoms with Crippen molar-refractivity contribution in [1.29, 1.82) is 0 Å². The van der Waals surface area contributed by atoms with Crippen molar-refractivity contribution in [3.8, 4) is 0 Å². The van der Waals surface area contributed by atoms with Crippen LogP contribution < -0.4 is 11.1 Å². The van der Waals surface area contributed by atoms with Gasteiger partial charge in [-0.1, -0.05) is 13.8 Å². The fourth-order valence-corrected chi connectivity index (χ4v) is 1.48. The lowest BCUT2D eigenvalue weighted by Gasteiger charge is -2.26. The van der Waals surface area contributed by atoms with E-state index in [4.69, 9.17) is 5.73 Å². The number of nitrogens with zero attached hydrogens (tertiary/aromatic N) is 1. The van der Waals surface area contributed by atoms with Crippen LogP contribution >= 0.6 is 0 Å². The van der Waals surface area contributed by atoms with Gasteiger partial charge in [0.1, 0.15) is 0 Å². The third-order valence-corrected chi connectivity index (χ3v) is 2.30. The van der Waals surface area contributed by atoms with E-state index >= 15 is 0 Å². The Balaban J connectivity index is 4.07. The van der Waals surface area contributed by atoms with Crippen molar-refractivity contribution in [3.63, 3.8) is 0 Å². The molecule has 4 nitrogen and oxygen atoms in total. The van der Waals surface area contributed by atoms with E-state index < -0.39 is 0 Å². The number of amides is 1. The predicted molar refractivity (Wildman–Crippen MR) is 68.2 cm³/mol. The summed E-state index contributed by atoms with van der Waals surface area (Å²) in [6.45, 7) is 13.0. The van der Waals surface area contributed by atoms with Gasteiger partial charge in [-0.15, -0.1) is 0 Å². The molecule has 0 rings (SSSR count). The second-order valence-electron chi connectivity index (χ2n) is 5.47. The standard InChI is InChI=1S/C12H27N3O/c1-6-15(8-10(2)7-13)9-11(16)14-12(3,4)5/h10H,6-9,13H2,1-5H3,(H,14,16). The van der Waals surface area contributed by atoms with E-state index in [1.54, 1.807) is 0 Å². The van der Waals surface area contributed by atoms with Gasteiger partial charge in [0, 0.05) is 12.1 Å². The number of carbonyl (C=O) groups excluding carboxylic acids is 1. The maximum atomic E-state index is 11.7. The molecule has 0 saturated heterocycles. The minimum Gasteiger partial charge on any atom is -0.350 e. The number of rotatable bonds is 6. The first-order chi connectivity index (χ1) is 7.28. The van der Waals surface area contributed by atoms with Gasteiger partial charge in [0.2, 0.25) is 5.91 Å². The molecule has 1 unspecified atom stereocenters. The highest BCUT2D eigenvalue weighted by Crippen LogP contribution is 2.01. The first kappa shape index (κ1) is 15.4. The Kier molecular flexibility index (Phi) is 6.60. The van der Waals surface area contributed by atoms with Crippen molar-refractivity contribution in [3.05, 3.63) is 0 Å². The Morgan fingerprint density at radius 1 is 1.44 bits per heavy atom. The third-order valence-electron chi connectivity index (χ3n) is 2.30. The van der Waals surface area contributed by atoms with Crippen LogP contribution in [0.3, 0.4) is 0 Å². The maximum absolute atomic E-state index is 11.7. The zero-order chi connectivity index (χ0) is 12.8. The van der Waals surface area contributed by atoms with Crippen molar-refractivity contribution in [2.75, 3.05) is 26.2 Å². The van der Waals surface area contributed by atoms with Crippen molar-refractivity contribution in [2.45, 2.75) is 40.2 Å². The molecule has 0 fully saturated rings. The number of nitrogens with two attached hydrogens (primary N) is 1. The zero-order valence-electron chi connectivity index (χ0n) is 11.3. The maximum Gasteiger partial charge on any atom is 0.234 e. The number of hydrogen-bond donors (Lipinski definition) is 2. The third kappa shape index (κ3) is 7.65. The van der Waals surface area contributed by atoms with Crippen LogP contribution in [0, 0.1) is 5.92 Å². The average molecular weight is 229 g/mol. The Labute approximate surface area is 99.6 Å². The molecule has 3 N–H and O–H groups in total. The second kappa shape index (κ2) is 6.86. The molecule has 0 aliphatic carbocycles. The molecule has 0 saturated carbocycles. The lowest BCUT2D eigenvalue weighted by Crippen LogP contribution is -2.46. The molecule has 0 aliphatic heterocycles. The first-order valence-electron chi connectivity index (χ1n) is 6.02. The van der Waals surface area contributed by atoms with Crippen LogP contribution in [0.15, 0.2) is 0 Å². The molecule has 96 valence electrons. The van der Waals surface area contributed by atoms with Gasteiger partial charge in [-0.2, -0.15) is 0 Å². The molecule has 0 aromatic carbocycles. The largest absolute Gasteiger partial charge is 0.350 e. The van der Waals surface area contributed by atoms with Gasteiger partial charge in [0.05, 0.1) is 6.54 Å². The summed E-state index contributed by atoms with van der Waals surface area (Å²) in [5.41, 5.74) is 5.42. The van der Waals surface area contributed by atoms with E-state index in [1.807, 2.05) is 20.8 Å². The SMILES string of the molecule is CCN(CC(=O)NC(C)(C)C)CC(C)CN. The number of likely N-dealkylation sites (N-methyl/N-ethyl adjacent to an activating group) is 1. The normalized spacial score (nSPS) is 13.9. The average Bonchev–Trinajstić information content (AvgIpc) is 2.13. The van der Waals surface area contributed by atoms with Crippen molar-refractivity contribution in [1.82, 2.24) is 10.2 Å². The quantitative estimate of drug-likeness (QED) is 0.709. The molecule has 0 aromatic heterocycles. The van der Waals surface area contributed by atoms with Gasteiger partial charge in [0.15, 0.2) is 0 Å². The van der Waals surface area contributed by atoms with E-state index in [2.05, 4.69) is 24.1 Å². The highest BCUT2D eigenvalue weighted by Gasteiger charge is 2.16. The number of nitrogens with one attached hydrogen (secondary N) is 1. The number of carbonyl (C=O) groups is 1. The van der Waals surface area contributed by atoms with Gasteiger partial charge in [0.25, 0.3) is 0 Å². The molecule has 1 amide bonds. The number of hydrogen-bond acceptors (Lipinski definition) is 3. The summed E-state index contributed by atoms with van der Waals surface area (Å²) in [5.74, 6) is 0.515. The Morgan fingerprint density at radius 2 is 2.00 bits per heavy atom. The summed E-state index contributed by atoms with van der Waals surface area (Å²) in [6, 6.07) is 0. The molecular weight excluding hydrogens is 202 g/mol. The Hall–Kier alpha value is -0.610. The lowest BCUT2D eigenvalue weighted by atomic mass is 10.1. The monoisotopic (exact) mass is 229 g/mol. The lowest BCUT2D eigenvalue weighted by molar-refractivity contribution is -0.123. The van der Waals surface area contributed by atoms with Crippen LogP contribution in [0.1, 0.15) is 34.6 Å². The van der Waals surface area contributed by atoms with Crippen LogP contribution in [0.2, 0.25) is 0 Å². The van der Waals surface area contributed by atoms with E-state index in [0.29, 0.717) is 19.0 Å². The predicted octanol–water partition coefficient (Wildman–Crippen LogP) is 0.818. The van der Waals surface area contributed by atoms with Crippen molar-refractivity contribution >= 4 is 5.91 Å². The van der Waals surface area contributed by atoms with Gasteiger partial charge < -0.3 is 11.1 Å². The smallest absolute Gasteiger partial charge is 0.234 e. The van der Waals surface area contributed by atoms with Crippen molar-refractivity contribution < 1.29 is 4.79 Å². The van der Waals surface area contributed by atoms with Gasteiger partial charge >= 0.3 is 0 Å². The van der Waals surface area contributed by atoms with Crippen LogP contribution in [-0.4, -0.2) is 42.5 Å². The van der Waals surface area contributed by atoms with Gasteiger partial charge in [-0.25, -0.2) is 0 Å². The van der Waals surface area contributed by atoms with E-state index in [-0.39, 0.29) is 11.4 Å². The summed E-state index contributed by atoms with van der Waals surface area (Å²) in [6.07, 6.45) is 0. The Bertz CT molecular complexity index is 211. The highest BCUT2D eigenvalue weighted by molar-refractivity contribution is 5.78. The van der Waals surface area contributed by atoms with E-state index in [9.17, 15) is 4.79 Å². The molecule has 0 spiro atoms. The van der Waals surface area contributed by atoms with Crippen LogP contribution in [-0.2, 0) is 4.79 Å². The van der Waals surface area contributed by atoms with Gasteiger partial charge in [-0.05, 0) is 39.8 Å². The van der Waals surface area contributed by atoms with E-state index in [1.165, 1.54) is 0 Å². The molecule has 0 radical (unpaired) electrons. The van der Waals surface area contributed by atoms with E-state index in [0.717, 1.165) is 13.1 Å². The second-order valence-corrected chi connectivity index (χ2v) is 5.47. The molecule has 0 aliphatic rings. The minimum absolute atomic E-state index is 0.0820. The molecule has 16 heavy (non-hydrogen) atoms. The highest BCUT2D eigenvalue weighted by atomic mass is 16.2. The molecule has 4 heteroatoms. The molecular formula is C12H27N3O. The molecule has 1 atom stereocenters. The minimum atomic E-state index is -0.157. The van der Waals surface area contributed by atoms with Gasteiger partial charge in [-0.3, -0.25) is 9.69 Å². The summed E-state index contributed by atoms with van der Waals surface area (Å²) in [4.78, 5) is 13.8. The summed E-state index contributed by atoms with van der Waals surface area (Å²) >= 11 is 0. The topological polar surface area (TPSA) is 58.4 Å². The molecule has 0 aromatic rings. The molecule has 0 heterocycles. The van der Waals surface area contributed by atoms with Crippen LogP contribution in [0.4, 0.5) is 0 Å². The summed E-state index contributed by atoms with van der Waals surface area (Å²) < 4.78 is 0. The van der Waals surface area contributed by atoms with Crippen LogP contribution in [0.25, 0.3) is 0 Å². The summed E-state index contributed by atoms with van der Waals surface area (Å²) in [7, 11) is 0. The first-order valence-corrected chi connectivity index (χ1v) is 6.02.